The van der Waals surface area contributed by atoms with Gasteiger partial charge in [0, 0.05) is 24.7 Å². The summed E-state index contributed by atoms with van der Waals surface area (Å²) in [5, 5.41) is 2.79. The van der Waals surface area contributed by atoms with E-state index < -0.39 is 11.2 Å². The van der Waals surface area contributed by atoms with Gasteiger partial charge in [-0.2, -0.15) is 0 Å². The first-order valence-electron chi connectivity index (χ1n) is 7.47. The molecule has 0 spiro atoms. The third-order valence-electron chi connectivity index (χ3n) is 3.90. The van der Waals surface area contributed by atoms with Crippen molar-refractivity contribution in [1.29, 1.82) is 0 Å². The predicted molar refractivity (Wildman–Crippen MR) is 97.1 cm³/mol. The molecule has 0 fully saturated rings. The summed E-state index contributed by atoms with van der Waals surface area (Å²) in [4.78, 5) is 41.6. The fourth-order valence-corrected chi connectivity index (χ4v) is 2.99. The largest absolute Gasteiger partial charge is 0.332 e. The molecule has 1 N–H and O–H groups in total. The summed E-state index contributed by atoms with van der Waals surface area (Å²) in [6, 6.07) is 7.48. The molecular weight excluding hydrogens is 342 g/mol. The van der Waals surface area contributed by atoms with Crippen LogP contribution in [0.1, 0.15) is 0 Å². The molecule has 0 saturated carbocycles. The number of nitrogens with one attached hydrogen (secondary N) is 1. The maximum absolute atomic E-state index is 12.3. The van der Waals surface area contributed by atoms with Gasteiger partial charge < -0.3 is 9.88 Å². The average molecular weight is 359 g/mol. The third kappa shape index (κ3) is 3.10. The standard InChI is InChI=1S/C16H17N5O3S/c1-19-14-13(15(23)20(2)16(19)24)17-9-21(14)8-12(22)18-10-4-6-11(25-3)7-5-10/h4-7,9H,8H2,1-3H3,(H,18,22). The summed E-state index contributed by atoms with van der Waals surface area (Å²) in [6.45, 7) is -0.0543. The van der Waals surface area contributed by atoms with E-state index in [2.05, 4.69) is 10.3 Å². The molecule has 0 bridgehead atoms. The lowest BCUT2D eigenvalue weighted by atomic mass is 10.3. The number of rotatable bonds is 4. The number of carbonyl (C=O) groups is 1. The van der Waals surface area contributed by atoms with Crippen LogP contribution < -0.4 is 16.6 Å². The van der Waals surface area contributed by atoms with Gasteiger partial charge in [-0.05, 0) is 30.5 Å². The van der Waals surface area contributed by atoms with Gasteiger partial charge in [0.1, 0.15) is 12.2 Å². The minimum Gasteiger partial charge on any atom is -0.325 e. The molecule has 8 nitrogen and oxygen atoms in total. The fraction of sp³-hybridized carbons (Fsp3) is 0.250. The van der Waals surface area contributed by atoms with E-state index in [-0.39, 0.29) is 18.0 Å². The molecule has 2 aromatic heterocycles. The van der Waals surface area contributed by atoms with Crippen molar-refractivity contribution < 1.29 is 4.79 Å². The van der Waals surface area contributed by atoms with Crippen LogP contribution >= 0.6 is 11.8 Å². The molecule has 1 amide bonds. The number of amides is 1. The topological polar surface area (TPSA) is 90.9 Å². The van der Waals surface area contributed by atoms with Crippen molar-refractivity contribution in [2.45, 2.75) is 11.4 Å². The van der Waals surface area contributed by atoms with Crippen molar-refractivity contribution >= 4 is 34.5 Å². The zero-order chi connectivity index (χ0) is 18.1. The molecule has 0 aliphatic heterocycles. The summed E-state index contributed by atoms with van der Waals surface area (Å²) in [6.07, 6.45) is 3.37. The highest BCUT2D eigenvalue weighted by molar-refractivity contribution is 7.98. The summed E-state index contributed by atoms with van der Waals surface area (Å²) in [5.41, 5.74) is 0.206. The van der Waals surface area contributed by atoms with Crippen LogP contribution in [-0.4, -0.2) is 30.8 Å². The lowest BCUT2D eigenvalue weighted by Gasteiger charge is -2.09. The summed E-state index contributed by atoms with van der Waals surface area (Å²) < 4.78 is 3.79. The molecule has 0 saturated heterocycles. The van der Waals surface area contributed by atoms with E-state index in [4.69, 9.17) is 0 Å². The first-order chi connectivity index (χ1) is 11.9. The van der Waals surface area contributed by atoms with Crippen molar-refractivity contribution in [3.8, 4) is 0 Å². The second-order valence-corrected chi connectivity index (χ2v) is 6.41. The van der Waals surface area contributed by atoms with Crippen LogP contribution in [0.15, 0.2) is 45.1 Å². The van der Waals surface area contributed by atoms with E-state index in [0.29, 0.717) is 11.3 Å². The Labute approximate surface area is 147 Å². The van der Waals surface area contributed by atoms with E-state index in [1.807, 2.05) is 30.5 Å². The molecule has 0 atom stereocenters. The summed E-state index contributed by atoms with van der Waals surface area (Å²) in [5.74, 6) is -0.274. The number of aryl methyl sites for hydroxylation is 1. The Morgan fingerprint density at radius 1 is 1.16 bits per heavy atom. The molecule has 2 heterocycles. The van der Waals surface area contributed by atoms with Gasteiger partial charge in [-0.3, -0.25) is 18.7 Å². The summed E-state index contributed by atoms with van der Waals surface area (Å²) >= 11 is 1.62. The van der Waals surface area contributed by atoms with Gasteiger partial charge in [0.05, 0.1) is 6.33 Å². The van der Waals surface area contributed by atoms with E-state index in [9.17, 15) is 14.4 Å². The number of fused-ring (bicyclic) bond motifs is 1. The fourth-order valence-electron chi connectivity index (χ4n) is 2.58. The molecule has 0 radical (unpaired) electrons. The quantitative estimate of drug-likeness (QED) is 0.696. The number of nitrogens with zero attached hydrogens (tertiary/aromatic N) is 4. The van der Waals surface area contributed by atoms with Gasteiger partial charge in [-0.15, -0.1) is 11.8 Å². The lowest BCUT2D eigenvalue weighted by Crippen LogP contribution is -2.37. The predicted octanol–water partition coefficient (Wildman–Crippen LogP) is 0.794. The van der Waals surface area contributed by atoms with Crippen molar-refractivity contribution in [2.75, 3.05) is 11.6 Å². The number of imidazole rings is 1. The Morgan fingerprint density at radius 3 is 2.48 bits per heavy atom. The van der Waals surface area contributed by atoms with E-state index in [1.165, 1.54) is 22.5 Å². The van der Waals surface area contributed by atoms with E-state index in [1.54, 1.807) is 18.8 Å². The van der Waals surface area contributed by atoms with Gasteiger partial charge >= 0.3 is 5.69 Å². The third-order valence-corrected chi connectivity index (χ3v) is 4.64. The molecule has 1 aromatic carbocycles. The number of hydrogen-bond acceptors (Lipinski definition) is 5. The Kier molecular flexibility index (Phi) is 4.49. The Morgan fingerprint density at radius 2 is 1.84 bits per heavy atom. The van der Waals surface area contributed by atoms with Crippen LogP contribution in [0.3, 0.4) is 0 Å². The van der Waals surface area contributed by atoms with Gasteiger partial charge in [0.25, 0.3) is 5.56 Å². The van der Waals surface area contributed by atoms with E-state index >= 15 is 0 Å². The minimum atomic E-state index is -0.482. The number of hydrogen-bond donors (Lipinski definition) is 1. The van der Waals surface area contributed by atoms with Gasteiger partial charge in [-0.25, -0.2) is 9.78 Å². The molecule has 3 rings (SSSR count). The summed E-state index contributed by atoms with van der Waals surface area (Å²) in [7, 11) is 2.94. The van der Waals surface area contributed by atoms with Crippen LogP contribution in [-0.2, 0) is 25.4 Å². The number of anilines is 1. The Bertz CT molecular complexity index is 1060. The molecule has 0 aliphatic rings. The maximum Gasteiger partial charge on any atom is 0.332 e. The number of benzene rings is 1. The first kappa shape index (κ1) is 17.0. The van der Waals surface area contributed by atoms with Crippen LogP contribution in [0, 0.1) is 0 Å². The monoisotopic (exact) mass is 359 g/mol. The van der Waals surface area contributed by atoms with Crippen molar-refractivity contribution in [2.24, 2.45) is 14.1 Å². The minimum absolute atomic E-state index is 0.0543. The average Bonchev–Trinajstić information content (AvgIpc) is 3.02. The molecule has 0 unspecified atom stereocenters. The van der Waals surface area contributed by atoms with Gasteiger partial charge in [0.15, 0.2) is 5.52 Å². The SMILES string of the molecule is CSc1ccc(NC(=O)Cn2cnc3c(=O)n(C)c(=O)n(C)c32)cc1. The normalized spacial score (nSPS) is 11.0. The van der Waals surface area contributed by atoms with Crippen LogP contribution in [0.4, 0.5) is 5.69 Å². The van der Waals surface area contributed by atoms with E-state index in [0.717, 1.165) is 9.46 Å². The maximum atomic E-state index is 12.3. The molecular formula is C16H17N5O3S. The van der Waals surface area contributed by atoms with Gasteiger partial charge in [0.2, 0.25) is 5.91 Å². The second-order valence-electron chi connectivity index (χ2n) is 5.53. The molecule has 9 heteroatoms. The van der Waals surface area contributed by atoms with Crippen LogP contribution in [0.2, 0.25) is 0 Å². The highest BCUT2D eigenvalue weighted by atomic mass is 32.2. The second kappa shape index (κ2) is 6.60. The van der Waals surface area contributed by atoms with Gasteiger partial charge in [-0.1, -0.05) is 0 Å². The smallest absolute Gasteiger partial charge is 0.325 e. The number of thioether (sulfide) groups is 1. The molecule has 25 heavy (non-hydrogen) atoms. The Balaban J connectivity index is 1.89. The number of aromatic nitrogens is 4. The van der Waals surface area contributed by atoms with Crippen molar-refractivity contribution in [3.05, 3.63) is 51.4 Å². The molecule has 3 aromatic rings. The highest BCUT2D eigenvalue weighted by Crippen LogP contribution is 2.17. The van der Waals surface area contributed by atoms with Crippen LogP contribution in [0.5, 0.6) is 0 Å². The first-order valence-corrected chi connectivity index (χ1v) is 8.69. The number of carbonyl (C=O) groups excluding carboxylic acids is 1. The molecule has 0 aliphatic carbocycles. The van der Waals surface area contributed by atoms with Crippen molar-refractivity contribution in [1.82, 2.24) is 18.7 Å². The Hall–Kier alpha value is -2.81. The zero-order valence-electron chi connectivity index (χ0n) is 14.0. The highest BCUT2D eigenvalue weighted by Gasteiger charge is 2.15. The van der Waals surface area contributed by atoms with Crippen molar-refractivity contribution in [3.63, 3.8) is 0 Å². The lowest BCUT2D eigenvalue weighted by molar-refractivity contribution is -0.116. The zero-order valence-corrected chi connectivity index (χ0v) is 14.8. The molecule has 130 valence electrons. The van der Waals surface area contributed by atoms with Crippen LogP contribution in [0.25, 0.3) is 11.2 Å².